The van der Waals surface area contributed by atoms with E-state index in [1.807, 2.05) is 0 Å². The topological polar surface area (TPSA) is 70.2 Å². The van der Waals surface area contributed by atoms with Gasteiger partial charge >= 0.3 is 0 Å². The summed E-state index contributed by atoms with van der Waals surface area (Å²) in [5.74, 6) is 1.35. The number of carbonyl (C=O) groups excluding carboxylic acids is 3. The van der Waals surface area contributed by atoms with Crippen molar-refractivity contribution in [2.24, 2.45) is 0 Å². The summed E-state index contributed by atoms with van der Waals surface area (Å²) in [6, 6.07) is 6.74. The van der Waals surface area contributed by atoms with Gasteiger partial charge < -0.3 is 19.4 Å². The lowest BCUT2D eigenvalue weighted by molar-refractivity contribution is -0.144. The summed E-state index contributed by atoms with van der Waals surface area (Å²) in [6.45, 7) is 4.03. The largest absolute Gasteiger partial charge is 0.497 e. The number of thioether (sulfide) groups is 1. The van der Waals surface area contributed by atoms with Crippen LogP contribution < -0.4 is 4.74 Å². The first kappa shape index (κ1) is 19.1. The van der Waals surface area contributed by atoms with Crippen molar-refractivity contribution in [3.05, 3.63) is 29.8 Å². The molecule has 0 unspecified atom stereocenters. The van der Waals surface area contributed by atoms with Crippen molar-refractivity contribution in [2.75, 3.05) is 39.0 Å². The summed E-state index contributed by atoms with van der Waals surface area (Å²) in [4.78, 5) is 43.2. The number of nitrogens with zero attached hydrogens (tertiary/aromatic N) is 3. The van der Waals surface area contributed by atoms with Crippen LogP contribution in [-0.2, 0) is 9.59 Å². The second kappa shape index (κ2) is 7.31. The number of hydrogen-bond donors (Lipinski definition) is 0. The predicted octanol–water partition coefficient (Wildman–Crippen LogP) is 1.43. The van der Waals surface area contributed by atoms with Crippen LogP contribution in [0.1, 0.15) is 30.1 Å². The van der Waals surface area contributed by atoms with Gasteiger partial charge in [0, 0.05) is 43.9 Å². The number of benzene rings is 1. The zero-order valence-electron chi connectivity index (χ0n) is 16.2. The highest BCUT2D eigenvalue weighted by atomic mass is 32.2. The van der Waals surface area contributed by atoms with Gasteiger partial charge in [-0.3, -0.25) is 14.4 Å². The molecule has 28 heavy (non-hydrogen) atoms. The van der Waals surface area contributed by atoms with E-state index in [9.17, 15) is 14.4 Å². The molecular formula is C20H25N3O4S. The molecule has 3 fully saturated rings. The van der Waals surface area contributed by atoms with Crippen LogP contribution in [0.25, 0.3) is 0 Å². The lowest BCUT2D eigenvalue weighted by atomic mass is 10.1. The maximum atomic E-state index is 13.1. The van der Waals surface area contributed by atoms with E-state index >= 15 is 0 Å². The quantitative estimate of drug-likeness (QED) is 0.764. The molecule has 3 saturated heterocycles. The number of amides is 3. The van der Waals surface area contributed by atoms with E-state index in [0.29, 0.717) is 49.7 Å². The van der Waals surface area contributed by atoms with Crippen LogP contribution in [0.4, 0.5) is 0 Å². The fourth-order valence-electron chi connectivity index (χ4n) is 4.28. The zero-order chi connectivity index (χ0) is 19.9. The lowest BCUT2D eigenvalue weighted by Gasteiger charge is -2.38. The normalized spacial score (nSPS) is 27.1. The third kappa shape index (κ3) is 3.23. The Bertz CT molecular complexity index is 808. The average molecular weight is 404 g/mol. The van der Waals surface area contributed by atoms with Crippen LogP contribution in [0.5, 0.6) is 5.75 Å². The van der Waals surface area contributed by atoms with Crippen LogP contribution in [0.3, 0.4) is 0 Å². The van der Waals surface area contributed by atoms with Crippen LogP contribution in [-0.4, -0.2) is 82.4 Å². The second-order valence-corrected chi connectivity index (χ2v) is 9.12. The van der Waals surface area contributed by atoms with Gasteiger partial charge in [0.25, 0.3) is 5.91 Å². The number of carbonyl (C=O) groups is 3. The van der Waals surface area contributed by atoms with Gasteiger partial charge in [-0.2, -0.15) is 0 Å². The summed E-state index contributed by atoms with van der Waals surface area (Å²) in [5.41, 5.74) is 0.588. The first-order valence-corrected chi connectivity index (χ1v) is 10.6. The van der Waals surface area contributed by atoms with Crippen LogP contribution in [0.2, 0.25) is 0 Å². The molecule has 0 saturated carbocycles. The summed E-state index contributed by atoms with van der Waals surface area (Å²) >= 11 is 1.71. The first-order valence-electron chi connectivity index (χ1n) is 9.61. The predicted molar refractivity (Wildman–Crippen MR) is 106 cm³/mol. The summed E-state index contributed by atoms with van der Waals surface area (Å²) in [7, 11) is 1.57. The molecule has 3 heterocycles. The van der Waals surface area contributed by atoms with E-state index in [2.05, 4.69) is 6.92 Å². The highest BCUT2D eigenvalue weighted by Crippen LogP contribution is 2.47. The van der Waals surface area contributed by atoms with E-state index in [-0.39, 0.29) is 28.6 Å². The van der Waals surface area contributed by atoms with Crippen LogP contribution in [0.15, 0.2) is 24.3 Å². The van der Waals surface area contributed by atoms with Gasteiger partial charge in [-0.15, -0.1) is 11.8 Å². The Morgan fingerprint density at radius 1 is 1.18 bits per heavy atom. The minimum Gasteiger partial charge on any atom is -0.497 e. The molecule has 150 valence electrons. The lowest BCUT2D eigenvalue weighted by Crippen LogP contribution is -2.56. The molecule has 0 aliphatic carbocycles. The minimum atomic E-state index is -0.370. The van der Waals surface area contributed by atoms with Gasteiger partial charge in [0.1, 0.15) is 11.8 Å². The summed E-state index contributed by atoms with van der Waals surface area (Å²) in [5, 5.41) is 0. The molecular weight excluding hydrogens is 378 g/mol. The zero-order valence-corrected chi connectivity index (χ0v) is 17.0. The van der Waals surface area contributed by atoms with Gasteiger partial charge in [0.05, 0.1) is 12.0 Å². The van der Waals surface area contributed by atoms with Crippen molar-refractivity contribution in [1.82, 2.24) is 14.7 Å². The number of hydrogen-bond acceptors (Lipinski definition) is 5. The third-order valence-electron chi connectivity index (χ3n) is 5.93. The van der Waals surface area contributed by atoms with Gasteiger partial charge in [-0.05, 0) is 31.5 Å². The standard InChI is InChI=1S/C20H25N3O4S/c1-20-7-6-17(24)23(20)16(13-28-20)19(26)22-10-8-21(9-11-22)18(25)14-4-3-5-15(12-14)27-2/h3-5,12,16H,6-11,13H2,1-2H3/t16-,20+/m1/s1. The first-order chi connectivity index (χ1) is 13.4. The highest BCUT2D eigenvalue weighted by Gasteiger charge is 2.53. The molecule has 3 aliphatic heterocycles. The molecule has 3 aliphatic rings. The van der Waals surface area contributed by atoms with E-state index in [0.717, 1.165) is 6.42 Å². The number of ether oxygens (including phenoxy) is 1. The van der Waals surface area contributed by atoms with Crippen LogP contribution in [0, 0.1) is 0 Å². The van der Waals surface area contributed by atoms with Gasteiger partial charge in [0.15, 0.2) is 0 Å². The Morgan fingerprint density at radius 2 is 1.89 bits per heavy atom. The molecule has 0 N–H and O–H groups in total. The van der Waals surface area contributed by atoms with E-state index in [1.165, 1.54) is 0 Å². The van der Waals surface area contributed by atoms with Crippen molar-refractivity contribution < 1.29 is 19.1 Å². The Morgan fingerprint density at radius 3 is 2.61 bits per heavy atom. The molecule has 0 radical (unpaired) electrons. The van der Waals surface area contributed by atoms with E-state index in [4.69, 9.17) is 4.74 Å². The van der Waals surface area contributed by atoms with Gasteiger partial charge in [-0.1, -0.05) is 6.07 Å². The Kier molecular flexibility index (Phi) is 4.99. The molecule has 1 aromatic carbocycles. The van der Waals surface area contributed by atoms with Gasteiger partial charge in [0.2, 0.25) is 11.8 Å². The smallest absolute Gasteiger partial charge is 0.254 e. The van der Waals surface area contributed by atoms with Crippen molar-refractivity contribution in [3.63, 3.8) is 0 Å². The highest BCUT2D eigenvalue weighted by molar-refractivity contribution is 8.01. The summed E-state index contributed by atoms with van der Waals surface area (Å²) < 4.78 is 5.19. The monoisotopic (exact) mass is 403 g/mol. The molecule has 3 amide bonds. The second-order valence-electron chi connectivity index (χ2n) is 7.62. The molecule has 8 heteroatoms. The van der Waals surface area contributed by atoms with Crippen LogP contribution >= 0.6 is 11.8 Å². The number of piperazine rings is 1. The van der Waals surface area contributed by atoms with Crippen molar-refractivity contribution >= 4 is 29.5 Å². The summed E-state index contributed by atoms with van der Waals surface area (Å²) in [6.07, 6.45) is 1.33. The van der Waals surface area contributed by atoms with Crippen molar-refractivity contribution in [2.45, 2.75) is 30.7 Å². The maximum Gasteiger partial charge on any atom is 0.254 e. The number of fused-ring (bicyclic) bond motifs is 1. The van der Waals surface area contributed by atoms with E-state index in [1.54, 1.807) is 57.8 Å². The van der Waals surface area contributed by atoms with Gasteiger partial charge in [-0.25, -0.2) is 0 Å². The average Bonchev–Trinajstić information content (AvgIpc) is 3.22. The molecule has 0 aromatic heterocycles. The molecule has 7 nitrogen and oxygen atoms in total. The Hall–Kier alpha value is -2.22. The fourth-order valence-corrected chi connectivity index (χ4v) is 5.71. The Labute approximate surface area is 169 Å². The molecule has 4 rings (SSSR count). The molecule has 2 atom stereocenters. The fraction of sp³-hybridized carbons (Fsp3) is 0.550. The minimum absolute atomic E-state index is 0.0138. The Balaban J connectivity index is 1.38. The number of methoxy groups -OCH3 is 1. The SMILES string of the molecule is COc1cccc(C(=O)N2CCN(C(=O)[C@H]3CS[C@@]4(C)CCC(=O)N34)CC2)c1. The molecule has 1 aromatic rings. The van der Waals surface area contributed by atoms with E-state index < -0.39 is 0 Å². The van der Waals surface area contributed by atoms with Crippen molar-refractivity contribution in [1.29, 1.82) is 0 Å². The molecule has 0 bridgehead atoms. The maximum absolute atomic E-state index is 13.1. The number of rotatable bonds is 3. The van der Waals surface area contributed by atoms with Crippen molar-refractivity contribution in [3.8, 4) is 5.75 Å². The molecule has 0 spiro atoms. The third-order valence-corrected chi connectivity index (χ3v) is 7.43.